The molecule has 1 aromatic heterocycles. The van der Waals surface area contributed by atoms with Crippen LogP contribution in [0.25, 0.3) is 0 Å². The van der Waals surface area contributed by atoms with Gasteiger partial charge in [0.15, 0.2) is 0 Å². The Hall–Kier alpha value is -1.56. The van der Waals surface area contributed by atoms with E-state index in [2.05, 4.69) is 16.9 Å². The second kappa shape index (κ2) is 4.75. The molecule has 1 saturated heterocycles. The van der Waals surface area contributed by atoms with Gasteiger partial charge in [0.2, 0.25) is 5.88 Å². The van der Waals surface area contributed by atoms with Crippen molar-refractivity contribution in [2.75, 3.05) is 13.1 Å². The van der Waals surface area contributed by atoms with E-state index in [-0.39, 0.29) is 11.4 Å². The number of hydrogen-bond donors (Lipinski definition) is 4. The average molecular weight is 240 g/mol. The van der Waals surface area contributed by atoms with Gasteiger partial charge in [-0.25, -0.2) is 4.79 Å². The zero-order valence-corrected chi connectivity index (χ0v) is 9.88. The van der Waals surface area contributed by atoms with Crippen molar-refractivity contribution in [2.24, 2.45) is 5.92 Å². The first kappa shape index (κ1) is 11.9. The molecular weight excluding hydrogens is 222 g/mol. The predicted octanol–water partition coefficient (Wildman–Crippen LogP) is -1.42. The van der Waals surface area contributed by atoms with E-state index in [0.29, 0.717) is 6.54 Å². The van der Waals surface area contributed by atoms with E-state index in [1.165, 1.54) is 4.90 Å². The molecular formula is C11H18N3O3+. The largest absolute Gasteiger partial charge is 0.494 e. The highest BCUT2D eigenvalue weighted by atomic mass is 16.3. The fraction of sp³-hybridized carbons (Fsp3) is 0.636. The van der Waals surface area contributed by atoms with Crippen LogP contribution < -0.4 is 16.1 Å². The van der Waals surface area contributed by atoms with Gasteiger partial charge in [-0.15, -0.1) is 0 Å². The minimum atomic E-state index is -0.668. The summed E-state index contributed by atoms with van der Waals surface area (Å²) in [6.07, 6.45) is 2.27. The maximum atomic E-state index is 11.5. The average Bonchev–Trinajstić information content (AvgIpc) is 2.26. The summed E-state index contributed by atoms with van der Waals surface area (Å²) < 4.78 is 0. The van der Waals surface area contributed by atoms with E-state index in [4.69, 9.17) is 0 Å². The summed E-state index contributed by atoms with van der Waals surface area (Å²) in [5.41, 5.74) is -0.884. The molecule has 17 heavy (non-hydrogen) atoms. The molecule has 0 atom stereocenters. The summed E-state index contributed by atoms with van der Waals surface area (Å²) in [5, 5.41) is 9.57. The minimum absolute atomic E-state index is 0.272. The Balaban J connectivity index is 2.14. The van der Waals surface area contributed by atoms with Crippen LogP contribution in [-0.4, -0.2) is 28.2 Å². The lowest BCUT2D eigenvalue weighted by Crippen LogP contribution is -3.11. The standard InChI is InChI=1S/C11H17N3O3/c1-7-2-4-14(5-3-7)6-8-9(15)12-11(17)13-10(8)16/h7H,2-6H2,1H3,(H3,12,13,15,16,17)/p+1. The quantitative estimate of drug-likeness (QED) is 0.511. The number of likely N-dealkylation sites (tertiary alicyclic amines) is 1. The van der Waals surface area contributed by atoms with Crippen molar-refractivity contribution in [3.63, 3.8) is 0 Å². The molecule has 0 unspecified atom stereocenters. The second-order valence-electron chi connectivity index (χ2n) is 4.84. The minimum Gasteiger partial charge on any atom is -0.494 e. The van der Waals surface area contributed by atoms with Gasteiger partial charge < -0.3 is 10.0 Å². The zero-order valence-electron chi connectivity index (χ0n) is 9.88. The molecule has 0 amide bonds. The number of piperidine rings is 1. The van der Waals surface area contributed by atoms with Crippen LogP contribution in [0.5, 0.6) is 5.88 Å². The van der Waals surface area contributed by atoms with Crippen LogP contribution in [0.1, 0.15) is 25.3 Å². The first-order valence-corrected chi connectivity index (χ1v) is 5.94. The Labute approximate surface area is 98.3 Å². The number of quaternary nitrogens is 1. The highest BCUT2D eigenvalue weighted by molar-refractivity contribution is 5.19. The summed E-state index contributed by atoms with van der Waals surface area (Å²) in [7, 11) is 0. The van der Waals surface area contributed by atoms with Crippen LogP contribution in [0.2, 0.25) is 0 Å². The molecule has 94 valence electrons. The van der Waals surface area contributed by atoms with Crippen molar-refractivity contribution < 1.29 is 10.0 Å². The molecule has 1 fully saturated rings. The normalized spacial score (nSPS) is 24.8. The van der Waals surface area contributed by atoms with E-state index in [9.17, 15) is 14.7 Å². The molecule has 2 rings (SSSR count). The Morgan fingerprint density at radius 1 is 1.29 bits per heavy atom. The smallest absolute Gasteiger partial charge is 0.328 e. The Morgan fingerprint density at radius 2 is 1.94 bits per heavy atom. The molecule has 1 aromatic rings. The summed E-state index contributed by atoms with van der Waals surface area (Å²) in [4.78, 5) is 28.1. The van der Waals surface area contributed by atoms with Crippen molar-refractivity contribution in [2.45, 2.75) is 26.3 Å². The van der Waals surface area contributed by atoms with Crippen molar-refractivity contribution in [3.05, 3.63) is 26.4 Å². The molecule has 0 radical (unpaired) electrons. The first-order valence-electron chi connectivity index (χ1n) is 5.94. The van der Waals surface area contributed by atoms with Gasteiger partial charge in [-0.3, -0.25) is 14.8 Å². The van der Waals surface area contributed by atoms with Crippen LogP contribution in [0.3, 0.4) is 0 Å². The van der Waals surface area contributed by atoms with Crippen LogP contribution in [0, 0.1) is 5.92 Å². The molecule has 0 aromatic carbocycles. The third-order valence-corrected chi connectivity index (χ3v) is 3.43. The number of aromatic amines is 2. The van der Waals surface area contributed by atoms with Crippen molar-refractivity contribution in [1.29, 1.82) is 0 Å². The topological polar surface area (TPSA) is 90.4 Å². The van der Waals surface area contributed by atoms with E-state index in [0.717, 1.165) is 31.8 Å². The Bertz CT molecular complexity index is 497. The third-order valence-electron chi connectivity index (χ3n) is 3.43. The lowest BCUT2D eigenvalue weighted by Gasteiger charge is -2.27. The second-order valence-corrected chi connectivity index (χ2v) is 4.84. The lowest BCUT2D eigenvalue weighted by atomic mass is 9.99. The SMILES string of the molecule is CC1CC[NH+](Cc2c(O)[nH]c(=O)[nH]c2=O)CC1. The fourth-order valence-corrected chi connectivity index (χ4v) is 2.26. The van der Waals surface area contributed by atoms with Gasteiger partial charge in [0.05, 0.1) is 13.1 Å². The van der Waals surface area contributed by atoms with Gasteiger partial charge in [0.25, 0.3) is 5.56 Å². The van der Waals surface area contributed by atoms with E-state index >= 15 is 0 Å². The molecule has 6 heteroatoms. The summed E-state index contributed by atoms with van der Waals surface area (Å²) in [6.45, 7) is 4.68. The van der Waals surface area contributed by atoms with Gasteiger partial charge >= 0.3 is 5.69 Å². The first-order chi connectivity index (χ1) is 8.06. The predicted molar refractivity (Wildman–Crippen MR) is 62.1 cm³/mol. The Kier molecular flexibility index (Phi) is 3.33. The number of H-pyrrole nitrogens is 2. The summed E-state index contributed by atoms with van der Waals surface area (Å²) in [5.74, 6) is 0.436. The summed E-state index contributed by atoms with van der Waals surface area (Å²) in [6, 6.07) is 0. The molecule has 2 heterocycles. The lowest BCUT2D eigenvalue weighted by molar-refractivity contribution is -0.919. The number of nitrogens with one attached hydrogen (secondary N) is 3. The van der Waals surface area contributed by atoms with Crippen molar-refractivity contribution in [3.8, 4) is 5.88 Å². The zero-order chi connectivity index (χ0) is 12.4. The number of aromatic nitrogens is 2. The van der Waals surface area contributed by atoms with Crippen molar-refractivity contribution >= 4 is 0 Å². The Morgan fingerprint density at radius 3 is 2.53 bits per heavy atom. The van der Waals surface area contributed by atoms with E-state index in [1.54, 1.807) is 0 Å². The molecule has 1 aliphatic rings. The van der Waals surface area contributed by atoms with Gasteiger partial charge in [-0.1, -0.05) is 6.92 Å². The van der Waals surface area contributed by atoms with Crippen LogP contribution in [0.4, 0.5) is 0 Å². The molecule has 0 saturated carbocycles. The fourth-order valence-electron chi connectivity index (χ4n) is 2.26. The van der Waals surface area contributed by atoms with Gasteiger partial charge in [-0.2, -0.15) is 0 Å². The number of hydrogen-bond acceptors (Lipinski definition) is 3. The van der Waals surface area contributed by atoms with Gasteiger partial charge in [-0.05, 0) is 18.8 Å². The molecule has 4 N–H and O–H groups in total. The maximum Gasteiger partial charge on any atom is 0.328 e. The molecule has 0 spiro atoms. The monoisotopic (exact) mass is 240 g/mol. The molecule has 6 nitrogen and oxygen atoms in total. The highest BCUT2D eigenvalue weighted by Crippen LogP contribution is 2.08. The summed E-state index contributed by atoms with van der Waals surface area (Å²) >= 11 is 0. The number of aromatic hydroxyl groups is 1. The molecule has 0 aliphatic carbocycles. The van der Waals surface area contributed by atoms with Crippen molar-refractivity contribution in [1.82, 2.24) is 9.97 Å². The number of rotatable bonds is 2. The molecule has 1 aliphatic heterocycles. The van der Waals surface area contributed by atoms with Gasteiger partial charge in [0.1, 0.15) is 12.1 Å². The molecule has 0 bridgehead atoms. The van der Waals surface area contributed by atoms with Crippen LogP contribution >= 0.6 is 0 Å². The van der Waals surface area contributed by atoms with Gasteiger partial charge in [0, 0.05) is 0 Å². The third kappa shape index (κ3) is 2.76. The van der Waals surface area contributed by atoms with E-state index < -0.39 is 11.2 Å². The van der Waals surface area contributed by atoms with E-state index in [1.807, 2.05) is 0 Å². The van der Waals surface area contributed by atoms with Crippen LogP contribution in [-0.2, 0) is 6.54 Å². The maximum absolute atomic E-state index is 11.5. The van der Waals surface area contributed by atoms with Crippen LogP contribution in [0.15, 0.2) is 9.59 Å². The highest BCUT2D eigenvalue weighted by Gasteiger charge is 2.22.